The first-order valence-corrected chi connectivity index (χ1v) is 5.81. The molecule has 0 aromatic rings. The summed E-state index contributed by atoms with van der Waals surface area (Å²) in [6, 6.07) is 0.597. The summed E-state index contributed by atoms with van der Waals surface area (Å²) in [5, 5.41) is 0.958. The summed E-state index contributed by atoms with van der Waals surface area (Å²) in [7, 11) is 0. The largest absolute Gasteiger partial charge is 0.374 e. The van der Waals surface area contributed by atoms with Crippen LogP contribution in [0.4, 0.5) is 0 Å². The lowest BCUT2D eigenvalue weighted by atomic mass is 10.2. The van der Waals surface area contributed by atoms with Gasteiger partial charge in [-0.3, -0.25) is 4.90 Å². The van der Waals surface area contributed by atoms with Gasteiger partial charge in [0.15, 0.2) is 0 Å². The second kappa shape index (κ2) is 5.20. The number of hydrogen-bond acceptors (Lipinski definition) is 2. The Morgan fingerprint density at radius 3 is 2.92 bits per heavy atom. The summed E-state index contributed by atoms with van der Waals surface area (Å²) in [6.45, 7) is 7.63. The molecule has 3 heteroatoms. The summed E-state index contributed by atoms with van der Waals surface area (Å²) >= 11 is 3.46. The molecule has 1 aliphatic heterocycles. The van der Waals surface area contributed by atoms with Crippen LogP contribution in [0, 0.1) is 0 Å². The zero-order chi connectivity index (χ0) is 8.97. The van der Waals surface area contributed by atoms with E-state index in [1.165, 1.54) is 13.0 Å². The average molecular weight is 236 g/mol. The van der Waals surface area contributed by atoms with Gasteiger partial charge in [0.05, 0.1) is 12.7 Å². The van der Waals surface area contributed by atoms with Crippen molar-refractivity contribution in [2.45, 2.75) is 32.4 Å². The first kappa shape index (κ1) is 10.5. The molecule has 1 fully saturated rings. The molecule has 0 radical (unpaired) electrons. The molecular weight excluding hydrogens is 218 g/mol. The molecule has 0 saturated carbocycles. The van der Waals surface area contributed by atoms with Crippen molar-refractivity contribution < 1.29 is 4.74 Å². The molecule has 12 heavy (non-hydrogen) atoms. The molecule has 72 valence electrons. The minimum absolute atomic E-state index is 0.396. The fourth-order valence-electron chi connectivity index (χ4n) is 1.57. The lowest BCUT2D eigenvalue weighted by Gasteiger charge is -2.37. The average Bonchev–Trinajstić information content (AvgIpc) is 2.09. The van der Waals surface area contributed by atoms with Crippen molar-refractivity contribution in [3.05, 3.63) is 0 Å². The quantitative estimate of drug-likeness (QED) is 0.694. The fraction of sp³-hybridized carbons (Fsp3) is 1.00. The van der Waals surface area contributed by atoms with E-state index in [-0.39, 0.29) is 0 Å². The third-order valence-corrected chi connectivity index (χ3v) is 3.04. The number of nitrogens with zero attached hydrogens (tertiary/aromatic N) is 1. The van der Waals surface area contributed by atoms with Crippen LogP contribution in [0.5, 0.6) is 0 Å². The Balaban J connectivity index is 2.36. The number of ether oxygens (including phenoxy) is 1. The van der Waals surface area contributed by atoms with Gasteiger partial charge in [0.2, 0.25) is 0 Å². The molecule has 2 unspecified atom stereocenters. The third kappa shape index (κ3) is 2.71. The van der Waals surface area contributed by atoms with Crippen molar-refractivity contribution in [1.29, 1.82) is 0 Å². The Hall–Kier alpha value is 0.400. The van der Waals surface area contributed by atoms with Crippen LogP contribution in [-0.2, 0) is 4.74 Å². The second-order valence-electron chi connectivity index (χ2n) is 3.45. The Labute approximate surface area is 83.4 Å². The van der Waals surface area contributed by atoms with Gasteiger partial charge in [-0.25, -0.2) is 0 Å². The zero-order valence-corrected chi connectivity index (χ0v) is 9.51. The van der Waals surface area contributed by atoms with Crippen LogP contribution in [0.25, 0.3) is 0 Å². The van der Waals surface area contributed by atoms with E-state index in [0.717, 1.165) is 18.5 Å². The van der Waals surface area contributed by atoms with Gasteiger partial charge < -0.3 is 4.74 Å². The molecular formula is C9H18BrNO. The molecule has 0 bridgehead atoms. The number of alkyl halides is 1. The van der Waals surface area contributed by atoms with Crippen molar-refractivity contribution in [3.63, 3.8) is 0 Å². The topological polar surface area (TPSA) is 12.5 Å². The molecule has 0 aliphatic carbocycles. The van der Waals surface area contributed by atoms with Gasteiger partial charge in [-0.05, 0) is 19.9 Å². The Kier molecular flexibility index (Phi) is 4.54. The second-order valence-corrected chi connectivity index (χ2v) is 4.10. The third-order valence-electron chi connectivity index (χ3n) is 2.32. The van der Waals surface area contributed by atoms with E-state index in [0.29, 0.717) is 12.1 Å². The van der Waals surface area contributed by atoms with Gasteiger partial charge in [-0.1, -0.05) is 22.9 Å². The van der Waals surface area contributed by atoms with Crippen molar-refractivity contribution in [2.75, 3.05) is 25.0 Å². The van der Waals surface area contributed by atoms with E-state index in [1.807, 2.05) is 0 Å². The molecule has 2 atom stereocenters. The normalized spacial score (nSPS) is 32.2. The highest BCUT2D eigenvalue weighted by molar-refractivity contribution is 9.09. The lowest BCUT2D eigenvalue weighted by Crippen LogP contribution is -2.48. The minimum atomic E-state index is 0.396. The first-order chi connectivity index (χ1) is 5.77. The van der Waals surface area contributed by atoms with E-state index in [4.69, 9.17) is 4.74 Å². The number of hydrogen-bond donors (Lipinski definition) is 0. The van der Waals surface area contributed by atoms with Crippen molar-refractivity contribution in [1.82, 2.24) is 4.90 Å². The predicted octanol–water partition coefficient (Wildman–Crippen LogP) is 1.88. The maximum atomic E-state index is 5.63. The Morgan fingerprint density at radius 1 is 1.58 bits per heavy atom. The summed E-state index contributed by atoms with van der Waals surface area (Å²) in [4.78, 5) is 2.51. The van der Waals surface area contributed by atoms with Gasteiger partial charge in [0.1, 0.15) is 0 Å². The van der Waals surface area contributed by atoms with E-state index >= 15 is 0 Å². The van der Waals surface area contributed by atoms with Crippen LogP contribution >= 0.6 is 15.9 Å². The van der Waals surface area contributed by atoms with E-state index < -0.39 is 0 Å². The first-order valence-electron chi connectivity index (χ1n) is 4.69. The number of morpholine rings is 1. The molecule has 0 spiro atoms. The highest BCUT2D eigenvalue weighted by Gasteiger charge is 2.24. The number of rotatable bonds is 3. The highest BCUT2D eigenvalue weighted by Crippen LogP contribution is 2.13. The van der Waals surface area contributed by atoms with Gasteiger partial charge in [0, 0.05) is 17.9 Å². The zero-order valence-electron chi connectivity index (χ0n) is 7.92. The summed E-state index contributed by atoms with van der Waals surface area (Å²) in [5.41, 5.74) is 0. The summed E-state index contributed by atoms with van der Waals surface area (Å²) in [6.07, 6.45) is 1.63. The highest BCUT2D eigenvalue weighted by atomic mass is 79.9. The summed E-state index contributed by atoms with van der Waals surface area (Å²) < 4.78 is 5.63. The predicted molar refractivity (Wildman–Crippen MR) is 54.9 cm³/mol. The molecule has 1 rings (SSSR count). The van der Waals surface area contributed by atoms with Crippen LogP contribution in [0.1, 0.15) is 20.3 Å². The standard InChI is InChI=1S/C9H18BrNO/c1-3-4-11-6-9(5-10)12-7-8(11)2/h8-9H,3-7H2,1-2H3. The molecule has 0 aromatic carbocycles. The van der Waals surface area contributed by atoms with E-state index in [1.54, 1.807) is 0 Å². The van der Waals surface area contributed by atoms with E-state index in [2.05, 4.69) is 34.7 Å². The van der Waals surface area contributed by atoms with Gasteiger partial charge in [-0.2, -0.15) is 0 Å². The smallest absolute Gasteiger partial charge is 0.0799 e. The van der Waals surface area contributed by atoms with Crippen LogP contribution < -0.4 is 0 Å². The fourth-order valence-corrected chi connectivity index (χ4v) is 1.96. The van der Waals surface area contributed by atoms with Crippen LogP contribution in [0.3, 0.4) is 0 Å². The van der Waals surface area contributed by atoms with Crippen molar-refractivity contribution >= 4 is 15.9 Å². The van der Waals surface area contributed by atoms with Gasteiger partial charge in [-0.15, -0.1) is 0 Å². The molecule has 0 aromatic heterocycles. The minimum Gasteiger partial charge on any atom is -0.374 e. The van der Waals surface area contributed by atoms with Crippen LogP contribution in [0.15, 0.2) is 0 Å². The molecule has 2 nitrogen and oxygen atoms in total. The van der Waals surface area contributed by atoms with Crippen LogP contribution in [0.2, 0.25) is 0 Å². The van der Waals surface area contributed by atoms with Gasteiger partial charge >= 0.3 is 0 Å². The van der Waals surface area contributed by atoms with Gasteiger partial charge in [0.25, 0.3) is 0 Å². The Bertz CT molecular complexity index is 132. The summed E-state index contributed by atoms with van der Waals surface area (Å²) in [5.74, 6) is 0. The maximum absolute atomic E-state index is 5.63. The number of halogens is 1. The maximum Gasteiger partial charge on any atom is 0.0799 e. The molecule has 1 heterocycles. The monoisotopic (exact) mass is 235 g/mol. The lowest BCUT2D eigenvalue weighted by molar-refractivity contribution is -0.0463. The van der Waals surface area contributed by atoms with E-state index in [9.17, 15) is 0 Å². The molecule has 1 aliphatic rings. The Morgan fingerprint density at radius 2 is 2.33 bits per heavy atom. The SMILES string of the molecule is CCCN1CC(CBr)OCC1C. The van der Waals surface area contributed by atoms with Crippen molar-refractivity contribution in [2.24, 2.45) is 0 Å². The molecule has 0 amide bonds. The molecule has 1 saturated heterocycles. The molecule has 0 N–H and O–H groups in total. The van der Waals surface area contributed by atoms with Crippen molar-refractivity contribution in [3.8, 4) is 0 Å². The van der Waals surface area contributed by atoms with Crippen LogP contribution in [-0.4, -0.2) is 42.1 Å².